The highest BCUT2D eigenvalue weighted by Gasteiger charge is 2.21. The van der Waals surface area contributed by atoms with Crippen LogP contribution in [0.2, 0.25) is 0 Å². The quantitative estimate of drug-likeness (QED) is 0.231. The van der Waals surface area contributed by atoms with Crippen molar-refractivity contribution < 1.29 is 19.0 Å². The minimum Gasteiger partial charge on any atom is -0.490 e. The van der Waals surface area contributed by atoms with Gasteiger partial charge in [0.1, 0.15) is 5.82 Å². The molecular weight excluding hydrogens is 516 g/mol. The van der Waals surface area contributed by atoms with Crippen LogP contribution in [0.5, 0.6) is 17.2 Å². The van der Waals surface area contributed by atoms with Crippen molar-refractivity contribution in [3.8, 4) is 17.2 Å². The fourth-order valence-corrected chi connectivity index (χ4v) is 5.29. The number of nitrogens with zero attached hydrogens (tertiary/aromatic N) is 5. The van der Waals surface area contributed by atoms with Crippen molar-refractivity contribution in [1.29, 1.82) is 0 Å². The number of nitrogens with one attached hydrogen (secondary N) is 1. The van der Waals surface area contributed by atoms with Gasteiger partial charge in [-0.2, -0.15) is 5.10 Å². The standard InChI is InChI=1S/C28H40N6O4S/c1-6-36-22-16-20(17-23(37-7-2)24(22)38-8-3)27(35)29-12-15-34-26-21(18-30-34)25(33-13-10-9-11-14-33)31-28(32-26)39-19(4)5/h16-19H,6-15H2,1-5H3,(H,29,35). The van der Waals surface area contributed by atoms with E-state index in [1.807, 2.05) is 31.6 Å². The number of aromatic nitrogens is 4. The average Bonchev–Trinajstić information content (AvgIpc) is 3.33. The van der Waals surface area contributed by atoms with Crippen LogP contribution in [0.1, 0.15) is 64.2 Å². The Kier molecular flexibility index (Phi) is 10.1. The van der Waals surface area contributed by atoms with Gasteiger partial charge in [0.2, 0.25) is 5.75 Å². The van der Waals surface area contributed by atoms with E-state index in [0.29, 0.717) is 61.0 Å². The summed E-state index contributed by atoms with van der Waals surface area (Å²) in [7, 11) is 0. The van der Waals surface area contributed by atoms with Gasteiger partial charge in [-0.3, -0.25) is 4.79 Å². The maximum absolute atomic E-state index is 13.1. The van der Waals surface area contributed by atoms with Crippen LogP contribution in [0.15, 0.2) is 23.5 Å². The third-order valence-corrected chi connectivity index (χ3v) is 7.10. The molecule has 1 aromatic carbocycles. The van der Waals surface area contributed by atoms with Crippen LogP contribution in [-0.2, 0) is 6.54 Å². The van der Waals surface area contributed by atoms with Gasteiger partial charge in [-0.1, -0.05) is 25.6 Å². The Morgan fingerprint density at radius 1 is 1.00 bits per heavy atom. The number of amides is 1. The van der Waals surface area contributed by atoms with Gasteiger partial charge in [-0.15, -0.1) is 0 Å². The largest absolute Gasteiger partial charge is 0.490 e. The number of rotatable bonds is 13. The molecule has 1 saturated heterocycles. The van der Waals surface area contributed by atoms with Gasteiger partial charge in [0, 0.05) is 30.4 Å². The van der Waals surface area contributed by atoms with Crippen molar-refractivity contribution in [2.24, 2.45) is 0 Å². The number of benzene rings is 1. The summed E-state index contributed by atoms with van der Waals surface area (Å²) in [6.07, 6.45) is 5.43. The fourth-order valence-electron chi connectivity index (χ4n) is 4.59. The summed E-state index contributed by atoms with van der Waals surface area (Å²) in [5, 5.41) is 9.70. The van der Waals surface area contributed by atoms with E-state index >= 15 is 0 Å². The van der Waals surface area contributed by atoms with E-state index in [-0.39, 0.29) is 5.91 Å². The van der Waals surface area contributed by atoms with Gasteiger partial charge in [-0.25, -0.2) is 14.6 Å². The molecule has 3 heterocycles. The maximum atomic E-state index is 13.1. The number of hydrogen-bond acceptors (Lipinski definition) is 9. The fraction of sp³-hybridized carbons (Fsp3) is 0.571. The lowest BCUT2D eigenvalue weighted by molar-refractivity contribution is 0.0951. The second kappa shape index (κ2) is 13.7. The average molecular weight is 557 g/mol. The molecule has 0 bridgehead atoms. The lowest BCUT2D eigenvalue weighted by Gasteiger charge is -2.28. The predicted octanol–water partition coefficient (Wildman–Crippen LogP) is 4.94. The zero-order chi connectivity index (χ0) is 27.8. The van der Waals surface area contributed by atoms with Gasteiger partial charge < -0.3 is 24.4 Å². The number of thioether (sulfide) groups is 1. The molecule has 3 aromatic rings. The van der Waals surface area contributed by atoms with E-state index in [0.717, 1.165) is 35.1 Å². The molecule has 1 fully saturated rings. The molecule has 10 nitrogen and oxygen atoms in total. The smallest absolute Gasteiger partial charge is 0.251 e. The third kappa shape index (κ3) is 7.06. The number of piperidine rings is 1. The number of ether oxygens (including phenoxy) is 3. The topological polar surface area (TPSA) is 104 Å². The van der Waals surface area contributed by atoms with E-state index in [1.165, 1.54) is 19.3 Å². The van der Waals surface area contributed by atoms with Crippen molar-refractivity contribution >= 4 is 34.5 Å². The molecule has 0 radical (unpaired) electrons. The van der Waals surface area contributed by atoms with Crippen LogP contribution >= 0.6 is 11.8 Å². The number of carbonyl (C=O) groups is 1. The Bertz CT molecular complexity index is 1230. The van der Waals surface area contributed by atoms with E-state index < -0.39 is 0 Å². The first-order valence-corrected chi connectivity index (χ1v) is 14.8. The minimum absolute atomic E-state index is 0.226. The highest BCUT2D eigenvalue weighted by molar-refractivity contribution is 7.99. The van der Waals surface area contributed by atoms with Crippen LogP contribution in [0, 0.1) is 0 Å². The third-order valence-electron chi connectivity index (χ3n) is 6.23. The van der Waals surface area contributed by atoms with Gasteiger partial charge in [0.15, 0.2) is 22.3 Å². The van der Waals surface area contributed by atoms with Gasteiger partial charge in [0.25, 0.3) is 5.91 Å². The predicted molar refractivity (Wildman–Crippen MR) is 155 cm³/mol. The summed E-state index contributed by atoms with van der Waals surface area (Å²) in [5.41, 5.74) is 1.24. The summed E-state index contributed by atoms with van der Waals surface area (Å²) in [4.78, 5) is 25.2. The van der Waals surface area contributed by atoms with E-state index in [9.17, 15) is 4.79 Å². The van der Waals surface area contributed by atoms with Gasteiger partial charge in [-0.05, 0) is 52.2 Å². The van der Waals surface area contributed by atoms with Crippen LogP contribution in [0.3, 0.4) is 0 Å². The van der Waals surface area contributed by atoms with Crippen molar-refractivity contribution in [3.63, 3.8) is 0 Å². The first-order valence-electron chi connectivity index (χ1n) is 13.9. The lowest BCUT2D eigenvalue weighted by Crippen LogP contribution is -2.30. The monoisotopic (exact) mass is 556 g/mol. The van der Waals surface area contributed by atoms with E-state index in [1.54, 1.807) is 23.9 Å². The number of anilines is 1. The summed E-state index contributed by atoms with van der Waals surface area (Å²) in [5.74, 6) is 2.23. The molecule has 2 aromatic heterocycles. The summed E-state index contributed by atoms with van der Waals surface area (Å²) in [6.45, 7) is 14.2. The molecule has 4 rings (SSSR count). The van der Waals surface area contributed by atoms with Crippen molar-refractivity contribution in [1.82, 2.24) is 25.1 Å². The molecule has 0 spiro atoms. The highest BCUT2D eigenvalue weighted by atomic mass is 32.2. The summed E-state index contributed by atoms with van der Waals surface area (Å²) < 4.78 is 19.1. The van der Waals surface area contributed by atoms with Crippen LogP contribution in [0.25, 0.3) is 11.0 Å². The molecule has 1 aliphatic rings. The summed E-state index contributed by atoms with van der Waals surface area (Å²) >= 11 is 1.65. The molecule has 0 aliphatic carbocycles. The van der Waals surface area contributed by atoms with Crippen molar-refractivity contribution in [2.45, 2.75) is 70.8 Å². The molecule has 1 amide bonds. The van der Waals surface area contributed by atoms with Crippen molar-refractivity contribution in [3.05, 3.63) is 23.9 Å². The zero-order valence-corrected chi connectivity index (χ0v) is 24.5. The zero-order valence-electron chi connectivity index (χ0n) is 23.7. The molecule has 11 heteroatoms. The molecule has 0 unspecified atom stereocenters. The van der Waals surface area contributed by atoms with E-state index in [2.05, 4.69) is 29.2 Å². The Morgan fingerprint density at radius 2 is 1.67 bits per heavy atom. The first kappa shape index (κ1) is 28.8. The Morgan fingerprint density at radius 3 is 2.28 bits per heavy atom. The second-order valence-electron chi connectivity index (χ2n) is 9.51. The van der Waals surface area contributed by atoms with Gasteiger partial charge in [0.05, 0.1) is 37.9 Å². The highest BCUT2D eigenvalue weighted by Crippen LogP contribution is 2.39. The molecular formula is C28H40N6O4S. The lowest BCUT2D eigenvalue weighted by atomic mass is 10.1. The Labute approximate surface area is 234 Å². The molecule has 0 atom stereocenters. The van der Waals surface area contributed by atoms with E-state index in [4.69, 9.17) is 24.2 Å². The van der Waals surface area contributed by atoms with Crippen LogP contribution in [-0.4, -0.2) is 70.4 Å². The SMILES string of the molecule is CCOc1cc(C(=O)NCCn2ncc3c(N4CCCCC4)nc(SC(C)C)nc32)cc(OCC)c1OCC. The number of fused-ring (bicyclic) bond motifs is 1. The molecule has 39 heavy (non-hydrogen) atoms. The molecule has 1 aliphatic heterocycles. The number of hydrogen-bond donors (Lipinski definition) is 1. The molecule has 0 saturated carbocycles. The van der Waals surface area contributed by atoms with Gasteiger partial charge >= 0.3 is 0 Å². The summed E-state index contributed by atoms with van der Waals surface area (Å²) in [6, 6.07) is 3.40. The second-order valence-corrected chi connectivity index (χ2v) is 11.0. The van der Waals surface area contributed by atoms with Crippen molar-refractivity contribution in [2.75, 3.05) is 44.4 Å². The Balaban J connectivity index is 1.53. The first-order chi connectivity index (χ1) is 18.9. The minimum atomic E-state index is -0.226. The Hall–Kier alpha value is -3.21. The maximum Gasteiger partial charge on any atom is 0.251 e. The number of carbonyl (C=O) groups excluding carboxylic acids is 1. The molecule has 1 N–H and O–H groups in total. The van der Waals surface area contributed by atoms with Crippen LogP contribution in [0.4, 0.5) is 5.82 Å². The van der Waals surface area contributed by atoms with Crippen LogP contribution < -0.4 is 24.4 Å². The normalized spacial score (nSPS) is 13.6. The molecule has 212 valence electrons.